The number of fused-ring (bicyclic) bond motifs is 2. The van der Waals surface area contributed by atoms with Crippen molar-refractivity contribution in [2.75, 3.05) is 4.90 Å². The number of hydrogen-bond donors (Lipinski definition) is 1. The number of aliphatic hydroxyl groups is 1. The topological polar surface area (TPSA) is 66.6 Å². The van der Waals surface area contributed by atoms with Gasteiger partial charge in [0.25, 0.3) is 5.69 Å². The fraction of sp³-hybridized carbons (Fsp3) is 0.600. The predicted molar refractivity (Wildman–Crippen MR) is 77.1 cm³/mol. The number of piperidine rings is 1. The molecule has 0 radical (unpaired) electrons. The van der Waals surface area contributed by atoms with Gasteiger partial charge in [-0.3, -0.25) is 10.1 Å². The lowest BCUT2D eigenvalue weighted by molar-refractivity contribution is -0.385. The standard InChI is InChI=1S/C15H20N2O3/c1-9-10(2)15(17(19)20)6-5-14(9)16-11-3-4-12(16)8-13(18)7-11/h5-6,11-13,18H,3-4,7-8H2,1-2H3/t11-,12-/m1/s1. The second kappa shape index (κ2) is 4.74. The van der Waals surface area contributed by atoms with Gasteiger partial charge in [-0.2, -0.15) is 0 Å². The van der Waals surface area contributed by atoms with Crippen LogP contribution in [-0.4, -0.2) is 28.2 Å². The highest BCUT2D eigenvalue weighted by Gasteiger charge is 2.41. The molecular weight excluding hydrogens is 256 g/mol. The van der Waals surface area contributed by atoms with Crippen molar-refractivity contribution in [2.45, 2.75) is 57.7 Å². The van der Waals surface area contributed by atoms with Crippen LogP contribution in [0.5, 0.6) is 0 Å². The van der Waals surface area contributed by atoms with E-state index in [0.29, 0.717) is 12.1 Å². The average molecular weight is 276 g/mol. The Morgan fingerprint density at radius 1 is 1.20 bits per heavy atom. The lowest BCUT2D eigenvalue weighted by Gasteiger charge is -2.40. The fourth-order valence-corrected chi connectivity index (χ4v) is 3.81. The van der Waals surface area contributed by atoms with Gasteiger partial charge in [0.15, 0.2) is 0 Å². The number of nitro benzene ring substituents is 1. The van der Waals surface area contributed by atoms with Gasteiger partial charge in [0.2, 0.25) is 0 Å². The van der Waals surface area contributed by atoms with Crippen molar-refractivity contribution < 1.29 is 10.0 Å². The van der Waals surface area contributed by atoms with E-state index in [1.165, 1.54) is 0 Å². The molecule has 2 bridgehead atoms. The summed E-state index contributed by atoms with van der Waals surface area (Å²) in [6, 6.07) is 4.25. The van der Waals surface area contributed by atoms with E-state index in [2.05, 4.69) is 4.90 Å². The van der Waals surface area contributed by atoms with Gasteiger partial charge >= 0.3 is 0 Å². The van der Waals surface area contributed by atoms with Gasteiger partial charge < -0.3 is 10.0 Å². The maximum atomic E-state index is 11.0. The fourth-order valence-electron chi connectivity index (χ4n) is 3.81. The van der Waals surface area contributed by atoms with Gasteiger partial charge in [-0.1, -0.05) is 0 Å². The van der Waals surface area contributed by atoms with E-state index < -0.39 is 0 Å². The summed E-state index contributed by atoms with van der Waals surface area (Å²) < 4.78 is 0. The number of benzene rings is 1. The van der Waals surface area contributed by atoms with Crippen LogP contribution in [0.4, 0.5) is 11.4 Å². The summed E-state index contributed by atoms with van der Waals surface area (Å²) in [6.45, 7) is 3.78. The first kappa shape index (κ1) is 13.4. The van der Waals surface area contributed by atoms with Gasteiger partial charge in [-0.25, -0.2) is 0 Å². The minimum atomic E-state index is -0.319. The molecule has 0 amide bonds. The zero-order valence-electron chi connectivity index (χ0n) is 11.9. The van der Waals surface area contributed by atoms with E-state index in [1.54, 1.807) is 6.07 Å². The molecule has 0 aromatic heterocycles. The van der Waals surface area contributed by atoms with Crippen LogP contribution in [0.15, 0.2) is 12.1 Å². The SMILES string of the molecule is Cc1c(N2[C@@H]3CC[C@@H]2CC(O)C3)ccc([N+](=O)[O-])c1C. The van der Waals surface area contributed by atoms with Crippen molar-refractivity contribution >= 4 is 11.4 Å². The Balaban J connectivity index is 2.00. The van der Waals surface area contributed by atoms with Crippen LogP contribution >= 0.6 is 0 Å². The van der Waals surface area contributed by atoms with Crippen LogP contribution in [0.2, 0.25) is 0 Å². The number of nitro groups is 1. The number of aliphatic hydroxyl groups excluding tert-OH is 1. The Hall–Kier alpha value is -1.62. The van der Waals surface area contributed by atoms with E-state index in [1.807, 2.05) is 19.9 Å². The molecule has 1 aromatic carbocycles. The third-order valence-electron chi connectivity index (χ3n) is 4.91. The molecule has 2 saturated heterocycles. The van der Waals surface area contributed by atoms with Gasteiger partial charge in [0, 0.05) is 29.4 Å². The summed E-state index contributed by atoms with van der Waals surface area (Å²) in [5.41, 5.74) is 3.04. The quantitative estimate of drug-likeness (QED) is 0.666. The molecule has 5 heteroatoms. The first-order valence-corrected chi connectivity index (χ1v) is 7.20. The highest BCUT2D eigenvalue weighted by Crippen LogP contribution is 2.42. The van der Waals surface area contributed by atoms with Crippen molar-refractivity contribution in [3.63, 3.8) is 0 Å². The Bertz CT molecular complexity index is 544. The smallest absolute Gasteiger partial charge is 0.272 e. The van der Waals surface area contributed by atoms with Crippen LogP contribution in [0.1, 0.15) is 36.8 Å². The molecule has 2 atom stereocenters. The zero-order chi connectivity index (χ0) is 14.4. The van der Waals surface area contributed by atoms with Gasteiger partial charge in [0.05, 0.1) is 11.0 Å². The Labute approximate surface area is 118 Å². The van der Waals surface area contributed by atoms with E-state index in [9.17, 15) is 15.2 Å². The first-order chi connectivity index (χ1) is 9.49. The predicted octanol–water partition coefficient (Wildman–Crippen LogP) is 2.70. The molecule has 0 spiro atoms. The molecule has 2 aliphatic rings. The minimum Gasteiger partial charge on any atom is -0.393 e. The highest BCUT2D eigenvalue weighted by molar-refractivity contribution is 5.63. The maximum Gasteiger partial charge on any atom is 0.272 e. The Morgan fingerprint density at radius 2 is 1.80 bits per heavy atom. The summed E-state index contributed by atoms with van der Waals surface area (Å²) in [7, 11) is 0. The molecular formula is C15H20N2O3. The zero-order valence-corrected chi connectivity index (χ0v) is 11.9. The number of hydrogen-bond acceptors (Lipinski definition) is 4. The molecule has 3 rings (SSSR count). The maximum absolute atomic E-state index is 11.0. The monoisotopic (exact) mass is 276 g/mol. The minimum absolute atomic E-state index is 0.190. The van der Waals surface area contributed by atoms with E-state index in [-0.39, 0.29) is 16.7 Å². The van der Waals surface area contributed by atoms with Crippen LogP contribution in [0.3, 0.4) is 0 Å². The highest BCUT2D eigenvalue weighted by atomic mass is 16.6. The van der Waals surface area contributed by atoms with E-state index in [0.717, 1.165) is 42.5 Å². The molecule has 0 unspecified atom stereocenters. The second-order valence-electron chi connectivity index (χ2n) is 6.03. The van der Waals surface area contributed by atoms with Crippen molar-refractivity contribution in [2.24, 2.45) is 0 Å². The summed E-state index contributed by atoms with van der Waals surface area (Å²) in [6.07, 6.45) is 3.65. The summed E-state index contributed by atoms with van der Waals surface area (Å²) in [5.74, 6) is 0. The molecule has 2 aliphatic heterocycles. The summed E-state index contributed by atoms with van der Waals surface area (Å²) in [4.78, 5) is 13.1. The van der Waals surface area contributed by atoms with Crippen LogP contribution < -0.4 is 4.90 Å². The van der Waals surface area contributed by atoms with Crippen LogP contribution in [-0.2, 0) is 0 Å². The largest absolute Gasteiger partial charge is 0.393 e. The third kappa shape index (κ3) is 1.97. The molecule has 2 heterocycles. The summed E-state index contributed by atoms with van der Waals surface area (Å²) in [5, 5.41) is 20.9. The van der Waals surface area contributed by atoms with Gasteiger partial charge in [-0.15, -0.1) is 0 Å². The molecule has 20 heavy (non-hydrogen) atoms. The number of anilines is 1. The normalized spacial score (nSPS) is 28.8. The van der Waals surface area contributed by atoms with Gasteiger partial charge in [-0.05, 0) is 51.2 Å². The molecule has 5 nitrogen and oxygen atoms in total. The number of rotatable bonds is 2. The first-order valence-electron chi connectivity index (χ1n) is 7.20. The van der Waals surface area contributed by atoms with Gasteiger partial charge in [0.1, 0.15) is 0 Å². The lowest BCUT2D eigenvalue weighted by Crippen LogP contribution is -2.45. The molecule has 1 N–H and O–H groups in total. The molecule has 0 aliphatic carbocycles. The average Bonchev–Trinajstić information content (AvgIpc) is 2.65. The van der Waals surface area contributed by atoms with Crippen molar-refractivity contribution in [3.05, 3.63) is 33.4 Å². The van der Waals surface area contributed by atoms with Crippen molar-refractivity contribution in [3.8, 4) is 0 Å². The number of nitrogens with zero attached hydrogens (tertiary/aromatic N) is 2. The molecule has 2 fully saturated rings. The Morgan fingerprint density at radius 3 is 2.35 bits per heavy atom. The lowest BCUT2D eigenvalue weighted by atomic mass is 9.96. The van der Waals surface area contributed by atoms with E-state index >= 15 is 0 Å². The molecule has 1 aromatic rings. The van der Waals surface area contributed by atoms with Crippen LogP contribution in [0.25, 0.3) is 0 Å². The second-order valence-corrected chi connectivity index (χ2v) is 6.03. The van der Waals surface area contributed by atoms with Crippen LogP contribution in [0, 0.1) is 24.0 Å². The third-order valence-corrected chi connectivity index (χ3v) is 4.91. The van der Waals surface area contributed by atoms with E-state index in [4.69, 9.17) is 0 Å². The van der Waals surface area contributed by atoms with Crippen molar-refractivity contribution in [1.29, 1.82) is 0 Å². The molecule has 108 valence electrons. The molecule has 0 saturated carbocycles. The Kier molecular flexibility index (Phi) is 3.17. The van der Waals surface area contributed by atoms with Crippen molar-refractivity contribution in [1.82, 2.24) is 0 Å². The summed E-state index contributed by atoms with van der Waals surface area (Å²) >= 11 is 0.